The molecule has 0 radical (unpaired) electrons. The topological polar surface area (TPSA) is 76.0 Å². The normalized spacial score (nSPS) is 14.8. The predicted octanol–water partition coefficient (Wildman–Crippen LogP) is 4.85. The van der Waals surface area contributed by atoms with Crippen molar-refractivity contribution >= 4 is 13.7 Å². The standard InChI is InChI=1S/C20H33O5P/c1-19(2,3)16-11-14(12-17(18(16)22)20(4,5)6)9-10-15(21)13-26(23,24-7)25-8/h9-12,15,21-22H,13H2,1-8H3. The van der Waals surface area contributed by atoms with E-state index in [2.05, 4.69) is 0 Å². The number of aromatic hydroxyl groups is 1. The third-order valence-electron chi connectivity index (χ3n) is 4.23. The number of hydrogen-bond acceptors (Lipinski definition) is 5. The quantitative estimate of drug-likeness (QED) is 0.686. The lowest BCUT2D eigenvalue weighted by atomic mass is 9.78. The Balaban J connectivity index is 3.27. The summed E-state index contributed by atoms with van der Waals surface area (Å²) in [6.07, 6.45) is 2.25. The molecule has 0 aliphatic carbocycles. The molecule has 0 fully saturated rings. The van der Waals surface area contributed by atoms with Crippen LogP contribution in [0.3, 0.4) is 0 Å². The van der Waals surface area contributed by atoms with Gasteiger partial charge in [-0.15, -0.1) is 0 Å². The number of phenolic OH excluding ortho intramolecular Hbond substituents is 1. The van der Waals surface area contributed by atoms with E-state index >= 15 is 0 Å². The Morgan fingerprint density at radius 3 is 1.81 bits per heavy atom. The molecule has 0 aliphatic heterocycles. The van der Waals surface area contributed by atoms with Crippen LogP contribution in [-0.4, -0.2) is 36.7 Å². The fourth-order valence-corrected chi connectivity index (χ4v) is 3.66. The number of rotatable bonds is 6. The average Bonchev–Trinajstić information content (AvgIpc) is 2.51. The first-order chi connectivity index (χ1) is 11.7. The number of aliphatic hydroxyl groups excluding tert-OH is 1. The molecule has 1 aromatic rings. The zero-order valence-electron chi connectivity index (χ0n) is 17.2. The summed E-state index contributed by atoms with van der Waals surface area (Å²) in [7, 11) is -0.685. The first-order valence-electron chi connectivity index (χ1n) is 8.68. The molecule has 1 unspecified atom stereocenters. The van der Waals surface area contributed by atoms with Gasteiger partial charge in [0.1, 0.15) is 5.75 Å². The van der Waals surface area contributed by atoms with Gasteiger partial charge in [-0.1, -0.05) is 53.7 Å². The molecule has 0 amide bonds. The highest BCUT2D eigenvalue weighted by molar-refractivity contribution is 7.53. The third kappa shape index (κ3) is 5.95. The van der Waals surface area contributed by atoms with Crippen LogP contribution in [0.1, 0.15) is 58.2 Å². The summed E-state index contributed by atoms with van der Waals surface area (Å²) in [4.78, 5) is 0. The van der Waals surface area contributed by atoms with Gasteiger partial charge in [0.25, 0.3) is 0 Å². The summed E-state index contributed by atoms with van der Waals surface area (Å²) in [6, 6.07) is 3.83. The van der Waals surface area contributed by atoms with E-state index in [4.69, 9.17) is 9.05 Å². The molecule has 0 saturated carbocycles. The third-order valence-corrected chi connectivity index (χ3v) is 6.16. The largest absolute Gasteiger partial charge is 0.507 e. The fraction of sp³-hybridized carbons (Fsp3) is 0.600. The first-order valence-corrected chi connectivity index (χ1v) is 10.4. The van der Waals surface area contributed by atoms with E-state index in [-0.39, 0.29) is 17.0 Å². The van der Waals surface area contributed by atoms with E-state index in [9.17, 15) is 14.8 Å². The Labute approximate surface area is 157 Å². The molecule has 0 aliphatic rings. The van der Waals surface area contributed by atoms with Crippen LogP contribution in [0.5, 0.6) is 5.75 Å². The van der Waals surface area contributed by atoms with Crippen LogP contribution in [-0.2, 0) is 24.4 Å². The van der Waals surface area contributed by atoms with Crippen molar-refractivity contribution in [2.24, 2.45) is 0 Å². The second-order valence-electron chi connectivity index (χ2n) is 8.55. The smallest absolute Gasteiger partial charge is 0.333 e. The van der Waals surface area contributed by atoms with E-state index in [1.807, 2.05) is 53.7 Å². The molecule has 0 heterocycles. The lowest BCUT2D eigenvalue weighted by molar-refractivity contribution is 0.219. The first kappa shape index (κ1) is 22.9. The summed E-state index contributed by atoms with van der Waals surface area (Å²) in [5.74, 6) is 0.311. The summed E-state index contributed by atoms with van der Waals surface area (Å²) < 4.78 is 21.8. The second kappa shape index (κ2) is 8.26. The molecule has 1 rings (SSSR count). The number of benzene rings is 1. The van der Waals surface area contributed by atoms with E-state index in [0.29, 0.717) is 5.75 Å². The molecule has 26 heavy (non-hydrogen) atoms. The van der Waals surface area contributed by atoms with Crippen molar-refractivity contribution in [3.8, 4) is 5.75 Å². The zero-order chi connectivity index (χ0) is 20.3. The van der Waals surface area contributed by atoms with Crippen LogP contribution >= 0.6 is 7.60 Å². The van der Waals surface area contributed by atoms with Crippen LogP contribution in [0, 0.1) is 0 Å². The maximum atomic E-state index is 12.1. The summed E-state index contributed by atoms with van der Waals surface area (Å²) in [5.41, 5.74) is 2.10. The van der Waals surface area contributed by atoms with Gasteiger partial charge in [-0.2, -0.15) is 0 Å². The zero-order valence-corrected chi connectivity index (χ0v) is 18.1. The van der Waals surface area contributed by atoms with Crippen molar-refractivity contribution in [2.45, 2.75) is 58.5 Å². The summed E-state index contributed by atoms with van der Waals surface area (Å²) in [5, 5.41) is 20.9. The van der Waals surface area contributed by atoms with E-state index in [1.165, 1.54) is 14.2 Å². The van der Waals surface area contributed by atoms with Crippen molar-refractivity contribution in [1.29, 1.82) is 0 Å². The van der Waals surface area contributed by atoms with Gasteiger partial charge in [0.15, 0.2) is 0 Å². The molecule has 2 N–H and O–H groups in total. The van der Waals surface area contributed by atoms with Gasteiger partial charge in [0.2, 0.25) is 0 Å². The van der Waals surface area contributed by atoms with Gasteiger partial charge in [-0.3, -0.25) is 4.57 Å². The highest BCUT2D eigenvalue weighted by atomic mass is 31.2. The van der Waals surface area contributed by atoms with E-state index in [0.717, 1.165) is 16.7 Å². The molecule has 1 aromatic carbocycles. The molecule has 0 bridgehead atoms. The van der Waals surface area contributed by atoms with Crippen molar-refractivity contribution in [1.82, 2.24) is 0 Å². The number of phenols is 1. The lowest BCUT2D eigenvalue weighted by Crippen LogP contribution is -2.17. The van der Waals surface area contributed by atoms with Gasteiger partial charge >= 0.3 is 7.60 Å². The SMILES string of the molecule is COP(=O)(CC(O)C=Cc1cc(C(C)(C)C)c(O)c(C(C)(C)C)c1)OC. The van der Waals surface area contributed by atoms with Gasteiger partial charge in [-0.25, -0.2) is 0 Å². The van der Waals surface area contributed by atoms with Crippen LogP contribution in [0.25, 0.3) is 6.08 Å². The maximum absolute atomic E-state index is 12.1. The van der Waals surface area contributed by atoms with Crippen molar-refractivity contribution < 1.29 is 23.8 Å². The lowest BCUT2D eigenvalue weighted by Gasteiger charge is -2.28. The second-order valence-corrected chi connectivity index (χ2v) is 10.9. The van der Waals surface area contributed by atoms with Crippen molar-refractivity contribution in [2.75, 3.05) is 20.4 Å². The molecular formula is C20H33O5P. The van der Waals surface area contributed by atoms with E-state index in [1.54, 1.807) is 12.2 Å². The minimum Gasteiger partial charge on any atom is -0.507 e. The molecule has 0 saturated heterocycles. The maximum Gasteiger partial charge on any atom is 0.333 e. The van der Waals surface area contributed by atoms with Gasteiger partial charge in [0, 0.05) is 25.3 Å². The fourth-order valence-electron chi connectivity index (χ4n) is 2.63. The Morgan fingerprint density at radius 2 is 1.46 bits per heavy atom. The Bertz CT molecular complexity index is 652. The molecule has 0 aromatic heterocycles. The molecular weight excluding hydrogens is 351 g/mol. The number of aliphatic hydroxyl groups is 1. The van der Waals surface area contributed by atoms with E-state index < -0.39 is 13.7 Å². The predicted molar refractivity (Wildman–Crippen MR) is 107 cm³/mol. The van der Waals surface area contributed by atoms with Gasteiger partial charge in [-0.05, 0) is 28.5 Å². The Kier molecular flexibility index (Phi) is 7.28. The molecule has 148 valence electrons. The van der Waals surface area contributed by atoms with Crippen LogP contribution in [0.15, 0.2) is 18.2 Å². The minimum atomic E-state index is -3.28. The van der Waals surface area contributed by atoms with Crippen LogP contribution < -0.4 is 0 Å². The van der Waals surface area contributed by atoms with Gasteiger partial charge < -0.3 is 19.3 Å². The Hall–Kier alpha value is -1.13. The molecule has 5 nitrogen and oxygen atoms in total. The number of hydrogen-bond donors (Lipinski definition) is 2. The van der Waals surface area contributed by atoms with Crippen LogP contribution in [0.4, 0.5) is 0 Å². The highest BCUT2D eigenvalue weighted by Gasteiger charge is 2.27. The highest BCUT2D eigenvalue weighted by Crippen LogP contribution is 2.47. The average molecular weight is 384 g/mol. The van der Waals surface area contributed by atoms with Gasteiger partial charge in [0.05, 0.1) is 12.3 Å². The Morgan fingerprint density at radius 1 is 1.04 bits per heavy atom. The van der Waals surface area contributed by atoms with Crippen molar-refractivity contribution in [3.63, 3.8) is 0 Å². The monoisotopic (exact) mass is 384 g/mol. The molecule has 6 heteroatoms. The summed E-state index contributed by atoms with van der Waals surface area (Å²) in [6.45, 7) is 12.3. The molecule has 0 spiro atoms. The van der Waals surface area contributed by atoms with Crippen LogP contribution in [0.2, 0.25) is 0 Å². The minimum absolute atomic E-state index is 0.118. The summed E-state index contributed by atoms with van der Waals surface area (Å²) >= 11 is 0. The molecule has 1 atom stereocenters. The van der Waals surface area contributed by atoms with Crippen molar-refractivity contribution in [3.05, 3.63) is 34.9 Å².